The summed E-state index contributed by atoms with van der Waals surface area (Å²) in [6.07, 6.45) is 7.44. The molecule has 0 saturated carbocycles. The molecule has 6 atom stereocenters. The van der Waals surface area contributed by atoms with Crippen LogP contribution >= 0.6 is 0 Å². The van der Waals surface area contributed by atoms with Crippen molar-refractivity contribution < 1.29 is 35.1 Å². The van der Waals surface area contributed by atoms with Gasteiger partial charge in [-0.3, -0.25) is 4.79 Å². The number of aliphatic hydroxyl groups is 5. The molecule has 0 aromatic rings. The van der Waals surface area contributed by atoms with Crippen molar-refractivity contribution >= 4 is 5.78 Å². The Morgan fingerprint density at radius 2 is 1.81 bits per heavy atom. The van der Waals surface area contributed by atoms with Gasteiger partial charge >= 0.3 is 0 Å². The summed E-state index contributed by atoms with van der Waals surface area (Å²) in [5, 5.41) is 49.9. The third-order valence-corrected chi connectivity index (χ3v) is 5.52. The first-order chi connectivity index (χ1) is 14.4. The van der Waals surface area contributed by atoms with Gasteiger partial charge in [0, 0.05) is 17.9 Å². The zero-order valence-electron chi connectivity index (χ0n) is 19.2. The van der Waals surface area contributed by atoms with Crippen LogP contribution in [0.1, 0.15) is 60.3 Å². The molecule has 0 spiro atoms. The lowest BCUT2D eigenvalue weighted by molar-refractivity contribution is -0.213. The maximum absolute atomic E-state index is 12.1. The molecule has 0 aromatic heterocycles. The maximum atomic E-state index is 12.1. The van der Waals surface area contributed by atoms with Gasteiger partial charge in [0.2, 0.25) is 5.78 Å². The summed E-state index contributed by atoms with van der Waals surface area (Å²) in [4.78, 5) is 12.1. The second kappa shape index (κ2) is 12.3. The number of ether oxygens (including phenoxy) is 1. The summed E-state index contributed by atoms with van der Waals surface area (Å²) in [7, 11) is 0. The Morgan fingerprint density at radius 3 is 2.35 bits per heavy atom. The Bertz CT molecular complexity index is 719. The molecule has 0 aromatic carbocycles. The van der Waals surface area contributed by atoms with Crippen LogP contribution in [0.3, 0.4) is 0 Å². The van der Waals surface area contributed by atoms with Gasteiger partial charge in [-0.1, -0.05) is 44.2 Å². The monoisotopic (exact) mass is 438 g/mol. The Morgan fingerprint density at radius 1 is 1.16 bits per heavy atom. The van der Waals surface area contributed by atoms with E-state index in [4.69, 9.17) is 4.74 Å². The Hall–Kier alpha value is -1.77. The fraction of sp³-hybridized carbons (Fsp3) is 0.625. The summed E-state index contributed by atoms with van der Waals surface area (Å²) in [5.41, 5.74) is 0.947. The highest BCUT2D eigenvalue weighted by atomic mass is 16.6. The lowest BCUT2D eigenvalue weighted by atomic mass is 9.96. The van der Waals surface area contributed by atoms with Gasteiger partial charge in [-0.2, -0.15) is 0 Å². The average Bonchev–Trinajstić information content (AvgIpc) is 2.94. The number of hydrogen-bond donors (Lipinski definition) is 5. The van der Waals surface area contributed by atoms with Gasteiger partial charge in [0.1, 0.15) is 11.9 Å². The lowest BCUT2D eigenvalue weighted by Gasteiger charge is -2.25. The van der Waals surface area contributed by atoms with Crippen molar-refractivity contribution in [2.75, 3.05) is 0 Å². The van der Waals surface area contributed by atoms with Crippen LogP contribution < -0.4 is 0 Å². The van der Waals surface area contributed by atoms with E-state index in [1.165, 1.54) is 13.8 Å². The van der Waals surface area contributed by atoms with E-state index in [1.54, 1.807) is 13.0 Å². The molecule has 1 aliphatic rings. The molecule has 1 aliphatic heterocycles. The molecule has 0 aliphatic carbocycles. The van der Waals surface area contributed by atoms with Crippen LogP contribution in [0.15, 0.2) is 47.3 Å². The van der Waals surface area contributed by atoms with Gasteiger partial charge < -0.3 is 30.3 Å². The van der Waals surface area contributed by atoms with Gasteiger partial charge in [-0.15, -0.1) is 0 Å². The molecule has 0 radical (unpaired) electrons. The fourth-order valence-electron chi connectivity index (χ4n) is 3.23. The standard InChI is InChI=1S/C24H38O7/c1-6-19(26)13-16(3)22(28)15(2)11-9-7-8-10-12-20(27)14-21-17(4)23(29)24(30,31-21)18(5)25/h7-9,11,13,15,18-20,22,25-28,30H,6,10,12,14H2,1-5H3. The average molecular weight is 439 g/mol. The van der Waals surface area contributed by atoms with Crippen LogP contribution in [0, 0.1) is 5.92 Å². The topological polar surface area (TPSA) is 127 Å². The Kier molecular flexibility index (Phi) is 10.8. The van der Waals surface area contributed by atoms with Crippen molar-refractivity contribution in [1.82, 2.24) is 0 Å². The summed E-state index contributed by atoms with van der Waals surface area (Å²) in [6, 6.07) is 0. The van der Waals surface area contributed by atoms with E-state index < -0.39 is 36.0 Å². The van der Waals surface area contributed by atoms with Crippen LogP contribution in [0.25, 0.3) is 0 Å². The van der Waals surface area contributed by atoms with E-state index in [9.17, 15) is 30.3 Å². The van der Waals surface area contributed by atoms with E-state index in [0.29, 0.717) is 19.3 Å². The van der Waals surface area contributed by atoms with E-state index >= 15 is 0 Å². The van der Waals surface area contributed by atoms with Gasteiger partial charge in [0.05, 0.1) is 18.3 Å². The molecule has 5 N–H and O–H groups in total. The minimum absolute atomic E-state index is 0.0781. The molecule has 7 heteroatoms. The van der Waals surface area contributed by atoms with Crippen molar-refractivity contribution in [1.29, 1.82) is 0 Å². The lowest BCUT2D eigenvalue weighted by Crippen LogP contribution is -2.47. The fourth-order valence-corrected chi connectivity index (χ4v) is 3.23. The molecular formula is C24H38O7. The molecule has 0 saturated heterocycles. The highest BCUT2D eigenvalue weighted by Crippen LogP contribution is 2.34. The Labute approximate surface area is 185 Å². The van der Waals surface area contributed by atoms with E-state index in [0.717, 1.165) is 5.57 Å². The highest BCUT2D eigenvalue weighted by molar-refractivity contribution is 6.03. The summed E-state index contributed by atoms with van der Waals surface area (Å²) < 4.78 is 5.25. The number of ketones is 1. The number of allylic oxidation sites excluding steroid dienone is 3. The van der Waals surface area contributed by atoms with Crippen molar-refractivity contribution in [3.8, 4) is 0 Å². The molecule has 31 heavy (non-hydrogen) atoms. The first-order valence-electron chi connectivity index (χ1n) is 10.8. The zero-order valence-corrected chi connectivity index (χ0v) is 19.2. The molecular weight excluding hydrogens is 400 g/mol. The third kappa shape index (κ3) is 7.70. The molecule has 1 rings (SSSR count). The number of rotatable bonds is 12. The first kappa shape index (κ1) is 27.3. The number of Topliss-reactive ketones (excluding diaryl/α,β-unsaturated/α-hetero) is 1. The van der Waals surface area contributed by atoms with Gasteiger partial charge in [-0.05, 0) is 45.6 Å². The third-order valence-electron chi connectivity index (χ3n) is 5.52. The SMILES string of the molecule is CCC(O)C=C(C)C(O)C(C)C=CC=CCCC(O)CC1=C(C)C(=O)C(O)(C(C)O)O1. The minimum atomic E-state index is -2.27. The molecule has 7 nitrogen and oxygen atoms in total. The number of carbonyl (C=O) groups excluding carboxylic acids is 1. The smallest absolute Gasteiger partial charge is 0.298 e. The largest absolute Gasteiger partial charge is 0.456 e. The number of carbonyl (C=O) groups is 1. The quantitative estimate of drug-likeness (QED) is 0.234. The second-order valence-electron chi connectivity index (χ2n) is 8.29. The van der Waals surface area contributed by atoms with Crippen molar-refractivity contribution in [2.24, 2.45) is 5.92 Å². The molecule has 6 unspecified atom stereocenters. The van der Waals surface area contributed by atoms with Crippen LogP contribution in [0.5, 0.6) is 0 Å². The van der Waals surface area contributed by atoms with Crippen LogP contribution in [-0.2, 0) is 9.53 Å². The summed E-state index contributed by atoms with van der Waals surface area (Å²) in [5.74, 6) is -2.87. The molecule has 176 valence electrons. The second-order valence-corrected chi connectivity index (χ2v) is 8.29. The maximum Gasteiger partial charge on any atom is 0.298 e. The van der Waals surface area contributed by atoms with Gasteiger partial charge in [0.25, 0.3) is 5.79 Å². The molecule has 0 amide bonds. The first-order valence-corrected chi connectivity index (χ1v) is 10.8. The van der Waals surface area contributed by atoms with E-state index in [-0.39, 0.29) is 23.7 Å². The van der Waals surface area contributed by atoms with Crippen LogP contribution in [0.2, 0.25) is 0 Å². The van der Waals surface area contributed by atoms with Crippen molar-refractivity contribution in [2.45, 2.75) is 90.5 Å². The van der Waals surface area contributed by atoms with Crippen LogP contribution in [0.4, 0.5) is 0 Å². The minimum Gasteiger partial charge on any atom is -0.456 e. The van der Waals surface area contributed by atoms with Gasteiger partial charge in [-0.25, -0.2) is 0 Å². The van der Waals surface area contributed by atoms with Gasteiger partial charge in [0.15, 0.2) is 0 Å². The number of hydrogen-bond acceptors (Lipinski definition) is 7. The summed E-state index contributed by atoms with van der Waals surface area (Å²) >= 11 is 0. The van der Waals surface area contributed by atoms with Crippen molar-refractivity contribution in [3.05, 3.63) is 47.3 Å². The molecule has 0 bridgehead atoms. The van der Waals surface area contributed by atoms with Crippen LogP contribution in [-0.4, -0.2) is 61.5 Å². The summed E-state index contributed by atoms with van der Waals surface area (Å²) in [6.45, 7) is 8.34. The number of aliphatic hydroxyl groups excluding tert-OH is 4. The predicted octanol–water partition coefficient (Wildman–Crippen LogP) is 2.29. The van der Waals surface area contributed by atoms with Crippen molar-refractivity contribution in [3.63, 3.8) is 0 Å². The Balaban J connectivity index is 2.46. The van der Waals surface area contributed by atoms with E-state index in [2.05, 4.69) is 0 Å². The zero-order chi connectivity index (χ0) is 23.8. The predicted molar refractivity (Wildman–Crippen MR) is 119 cm³/mol. The normalized spacial score (nSPS) is 25.2. The molecule has 0 fully saturated rings. The molecule has 1 heterocycles. The van der Waals surface area contributed by atoms with E-state index in [1.807, 2.05) is 38.2 Å². The highest BCUT2D eigenvalue weighted by Gasteiger charge is 2.50.